The molecule has 1 aromatic carbocycles. The van der Waals surface area contributed by atoms with Crippen LogP contribution in [0.1, 0.15) is 23.3 Å². The molecule has 0 unspecified atom stereocenters. The van der Waals surface area contributed by atoms with Crippen molar-refractivity contribution in [1.29, 1.82) is 0 Å². The summed E-state index contributed by atoms with van der Waals surface area (Å²) in [4.78, 5) is 53.3. The van der Waals surface area contributed by atoms with Crippen LogP contribution in [0.4, 0.5) is 0 Å². The number of aromatic nitrogens is 1. The van der Waals surface area contributed by atoms with Gasteiger partial charge in [0.15, 0.2) is 5.78 Å². The first-order chi connectivity index (χ1) is 14.9. The van der Waals surface area contributed by atoms with E-state index in [1.54, 1.807) is 25.3 Å². The minimum Gasteiger partial charge on any atom is -0.496 e. The summed E-state index contributed by atoms with van der Waals surface area (Å²) in [5.41, 5.74) is 1.03. The lowest BCUT2D eigenvalue weighted by molar-refractivity contribution is -0.136. The molecule has 3 amide bonds. The molecule has 0 saturated carbocycles. The zero-order valence-corrected chi connectivity index (χ0v) is 18.0. The minimum atomic E-state index is -0.450. The summed E-state index contributed by atoms with van der Waals surface area (Å²) in [5.74, 6) is -1.40. The number of Topliss-reactive ketones (excluding diaryl/α,β-unsaturated/α-hetero) is 1. The number of ether oxygens (including phenoxy) is 1. The lowest BCUT2D eigenvalue weighted by atomic mass is 9.98. The number of benzene rings is 1. The summed E-state index contributed by atoms with van der Waals surface area (Å²) >= 11 is 5.67. The number of aromatic amines is 1. The standard InChI is InChI=1S/C21H25ClN4O5/c1-31-18-6-2-5-16-15(18)8-17(25-16)21(30)24-10-14(27)12-26(19(28)9-22)11-13-4-3-7-23-20(13)29/h2,5-6,8,13,25H,3-4,7,9-12H2,1H3,(H,23,29)(H,24,30)/t13-/m0/s1. The van der Waals surface area contributed by atoms with E-state index < -0.39 is 11.8 Å². The number of amides is 3. The topological polar surface area (TPSA) is 121 Å². The first-order valence-corrected chi connectivity index (χ1v) is 10.5. The Hall–Kier alpha value is -3.07. The van der Waals surface area contributed by atoms with Gasteiger partial charge in [0.1, 0.15) is 17.3 Å². The van der Waals surface area contributed by atoms with Crippen LogP contribution in [0.2, 0.25) is 0 Å². The lowest BCUT2D eigenvalue weighted by Gasteiger charge is -2.28. The Morgan fingerprint density at radius 1 is 1.32 bits per heavy atom. The van der Waals surface area contributed by atoms with Gasteiger partial charge in [-0.1, -0.05) is 6.07 Å². The monoisotopic (exact) mass is 448 g/mol. The smallest absolute Gasteiger partial charge is 0.268 e. The highest BCUT2D eigenvalue weighted by Crippen LogP contribution is 2.25. The summed E-state index contributed by atoms with van der Waals surface area (Å²) in [5, 5.41) is 6.08. The molecule has 1 aromatic heterocycles. The number of halogens is 1. The van der Waals surface area contributed by atoms with E-state index in [2.05, 4.69) is 15.6 Å². The molecule has 9 nitrogen and oxygen atoms in total. The van der Waals surface area contributed by atoms with Crippen LogP contribution in [-0.2, 0) is 14.4 Å². The van der Waals surface area contributed by atoms with Crippen molar-refractivity contribution < 1.29 is 23.9 Å². The molecule has 0 aliphatic carbocycles. The maximum absolute atomic E-state index is 12.5. The number of nitrogens with zero attached hydrogens (tertiary/aromatic N) is 1. The second-order valence-electron chi connectivity index (χ2n) is 7.36. The summed E-state index contributed by atoms with van der Waals surface area (Å²) in [6.45, 7) is 0.257. The average Bonchev–Trinajstić information content (AvgIpc) is 3.22. The molecule has 166 valence electrons. The van der Waals surface area contributed by atoms with Gasteiger partial charge >= 0.3 is 0 Å². The number of H-pyrrole nitrogens is 1. The molecule has 3 N–H and O–H groups in total. The molecule has 1 aliphatic heterocycles. The highest BCUT2D eigenvalue weighted by molar-refractivity contribution is 6.27. The van der Waals surface area contributed by atoms with Gasteiger partial charge in [0.25, 0.3) is 5.91 Å². The predicted octanol–water partition coefficient (Wildman–Crippen LogP) is 1.07. The molecule has 1 aliphatic rings. The highest BCUT2D eigenvalue weighted by atomic mass is 35.5. The molecule has 0 spiro atoms. The molecular formula is C21H25ClN4O5. The van der Waals surface area contributed by atoms with Crippen LogP contribution in [0.15, 0.2) is 24.3 Å². The van der Waals surface area contributed by atoms with E-state index in [0.717, 1.165) is 17.3 Å². The molecule has 1 fully saturated rings. The Morgan fingerprint density at radius 3 is 2.84 bits per heavy atom. The van der Waals surface area contributed by atoms with Gasteiger partial charge in [-0.15, -0.1) is 11.6 Å². The summed E-state index contributed by atoms with van der Waals surface area (Å²) in [7, 11) is 1.55. The largest absolute Gasteiger partial charge is 0.496 e. The van der Waals surface area contributed by atoms with Crippen molar-refractivity contribution >= 4 is 46.0 Å². The summed E-state index contributed by atoms with van der Waals surface area (Å²) < 4.78 is 5.28. The van der Waals surface area contributed by atoms with Crippen LogP contribution >= 0.6 is 11.6 Å². The van der Waals surface area contributed by atoms with Gasteiger partial charge in [0.05, 0.1) is 26.1 Å². The number of hydrogen-bond acceptors (Lipinski definition) is 5. The normalized spacial score (nSPS) is 15.9. The summed E-state index contributed by atoms with van der Waals surface area (Å²) in [6.07, 6.45) is 1.46. The molecule has 1 saturated heterocycles. The average molecular weight is 449 g/mol. The van der Waals surface area contributed by atoms with Gasteiger partial charge in [-0.2, -0.15) is 0 Å². The lowest BCUT2D eigenvalue weighted by Crippen LogP contribution is -2.47. The number of nitrogens with one attached hydrogen (secondary N) is 3. The van der Waals surface area contributed by atoms with Crippen molar-refractivity contribution in [1.82, 2.24) is 20.5 Å². The Balaban J connectivity index is 1.58. The van der Waals surface area contributed by atoms with Gasteiger partial charge in [0.2, 0.25) is 11.8 Å². The fraction of sp³-hybridized carbons (Fsp3) is 0.429. The zero-order valence-electron chi connectivity index (χ0n) is 17.2. The van der Waals surface area contributed by atoms with E-state index in [9.17, 15) is 19.2 Å². The third-order valence-electron chi connectivity index (χ3n) is 5.21. The van der Waals surface area contributed by atoms with Crippen molar-refractivity contribution in [2.24, 2.45) is 5.92 Å². The Labute approximate surface area is 184 Å². The third kappa shape index (κ3) is 5.55. The number of methoxy groups -OCH3 is 1. The highest BCUT2D eigenvalue weighted by Gasteiger charge is 2.27. The van der Waals surface area contributed by atoms with Crippen LogP contribution in [0, 0.1) is 5.92 Å². The Morgan fingerprint density at radius 2 is 2.13 bits per heavy atom. The molecule has 0 bridgehead atoms. The molecular weight excluding hydrogens is 424 g/mol. The van der Waals surface area contributed by atoms with E-state index in [0.29, 0.717) is 24.4 Å². The van der Waals surface area contributed by atoms with Gasteiger partial charge in [0, 0.05) is 24.0 Å². The number of rotatable bonds is 9. The number of carbonyl (C=O) groups excluding carboxylic acids is 4. The first kappa shape index (κ1) is 22.6. The second kappa shape index (κ2) is 10.3. The van der Waals surface area contributed by atoms with Crippen LogP contribution in [0.25, 0.3) is 10.9 Å². The number of fused-ring (bicyclic) bond motifs is 1. The van der Waals surface area contributed by atoms with E-state index >= 15 is 0 Å². The van der Waals surface area contributed by atoms with E-state index in [1.807, 2.05) is 6.07 Å². The molecule has 2 aromatic rings. The second-order valence-corrected chi connectivity index (χ2v) is 7.63. The number of hydrogen-bond donors (Lipinski definition) is 3. The minimum absolute atomic E-state index is 0.124. The van der Waals surface area contributed by atoms with Crippen molar-refractivity contribution in [3.63, 3.8) is 0 Å². The molecule has 0 radical (unpaired) electrons. The van der Waals surface area contributed by atoms with E-state index in [4.69, 9.17) is 16.3 Å². The maximum Gasteiger partial charge on any atom is 0.268 e. The van der Waals surface area contributed by atoms with Crippen molar-refractivity contribution in [2.75, 3.05) is 39.2 Å². The van der Waals surface area contributed by atoms with E-state index in [1.165, 1.54) is 4.90 Å². The zero-order chi connectivity index (χ0) is 22.4. The summed E-state index contributed by atoms with van der Waals surface area (Å²) in [6, 6.07) is 7.06. The van der Waals surface area contributed by atoms with Gasteiger partial charge in [-0.25, -0.2) is 0 Å². The number of ketones is 1. The van der Waals surface area contributed by atoms with Gasteiger partial charge < -0.3 is 25.3 Å². The van der Waals surface area contributed by atoms with Crippen LogP contribution in [-0.4, -0.2) is 72.6 Å². The first-order valence-electron chi connectivity index (χ1n) is 10.00. The molecule has 10 heteroatoms. The molecule has 31 heavy (non-hydrogen) atoms. The quantitative estimate of drug-likeness (QED) is 0.495. The SMILES string of the molecule is COc1cccc2[nH]c(C(=O)NCC(=O)CN(C[C@@H]3CCCNC3=O)C(=O)CCl)cc12. The Bertz CT molecular complexity index is 989. The number of carbonyl (C=O) groups is 4. The van der Waals surface area contributed by atoms with Gasteiger partial charge in [-0.3, -0.25) is 19.2 Å². The van der Waals surface area contributed by atoms with Crippen molar-refractivity contribution in [3.8, 4) is 5.75 Å². The molecule has 1 atom stereocenters. The van der Waals surface area contributed by atoms with E-state index in [-0.39, 0.29) is 43.1 Å². The number of alkyl halides is 1. The van der Waals surface area contributed by atoms with Crippen molar-refractivity contribution in [3.05, 3.63) is 30.0 Å². The van der Waals surface area contributed by atoms with Crippen LogP contribution < -0.4 is 15.4 Å². The van der Waals surface area contributed by atoms with Crippen LogP contribution in [0.3, 0.4) is 0 Å². The molecule has 3 rings (SSSR count). The third-order valence-corrected chi connectivity index (χ3v) is 5.44. The predicted molar refractivity (Wildman–Crippen MR) is 115 cm³/mol. The Kier molecular flexibility index (Phi) is 7.51. The number of piperidine rings is 1. The fourth-order valence-electron chi connectivity index (χ4n) is 3.59. The van der Waals surface area contributed by atoms with Crippen LogP contribution in [0.5, 0.6) is 5.75 Å². The van der Waals surface area contributed by atoms with Gasteiger partial charge in [-0.05, 0) is 31.0 Å². The maximum atomic E-state index is 12.5. The molecule has 2 heterocycles. The fourth-order valence-corrected chi connectivity index (χ4v) is 3.75. The van der Waals surface area contributed by atoms with Crippen molar-refractivity contribution in [2.45, 2.75) is 12.8 Å².